The molecule has 0 radical (unpaired) electrons. The summed E-state index contributed by atoms with van der Waals surface area (Å²) >= 11 is 0. The Hall–Kier alpha value is -3.86. The van der Waals surface area contributed by atoms with Gasteiger partial charge in [-0.05, 0) is 31.2 Å². The van der Waals surface area contributed by atoms with E-state index in [9.17, 15) is 9.59 Å². The fraction of sp³-hybridized carbons (Fsp3) is 0.0833. The number of ether oxygens (including phenoxy) is 1. The van der Waals surface area contributed by atoms with Crippen molar-refractivity contribution >= 4 is 22.6 Å². The monoisotopic (exact) mass is 385 g/mol. The van der Waals surface area contributed by atoms with E-state index in [2.05, 4.69) is 5.32 Å². The number of anilines is 1. The number of nitrogens with one attached hydrogen (secondary N) is 1. The Kier molecular flexibility index (Phi) is 5.12. The molecule has 0 aliphatic carbocycles. The lowest BCUT2D eigenvalue weighted by molar-refractivity contribution is -0.118. The molecule has 1 amide bonds. The SMILES string of the molecule is Cc1ccc(NC(=O)COc2c(-c3ccccc3)oc3ccccc3c2=O)cc1. The summed E-state index contributed by atoms with van der Waals surface area (Å²) < 4.78 is 11.6. The van der Waals surface area contributed by atoms with Gasteiger partial charge in [0.15, 0.2) is 12.4 Å². The Labute approximate surface area is 167 Å². The summed E-state index contributed by atoms with van der Waals surface area (Å²) in [6.07, 6.45) is 0. The second-order valence-corrected chi connectivity index (χ2v) is 6.65. The number of benzene rings is 3. The highest BCUT2D eigenvalue weighted by molar-refractivity contribution is 5.92. The average Bonchev–Trinajstić information content (AvgIpc) is 2.75. The van der Waals surface area contributed by atoms with Crippen molar-refractivity contribution in [3.05, 3.63) is 94.6 Å². The van der Waals surface area contributed by atoms with E-state index in [1.54, 1.807) is 24.3 Å². The van der Waals surface area contributed by atoms with Crippen LogP contribution in [0.5, 0.6) is 5.75 Å². The van der Waals surface area contributed by atoms with Crippen LogP contribution in [0, 0.1) is 6.92 Å². The molecule has 5 nitrogen and oxygen atoms in total. The van der Waals surface area contributed by atoms with Crippen molar-refractivity contribution < 1.29 is 13.9 Å². The van der Waals surface area contributed by atoms with Crippen LogP contribution in [-0.4, -0.2) is 12.5 Å². The van der Waals surface area contributed by atoms with E-state index < -0.39 is 0 Å². The normalized spacial score (nSPS) is 10.7. The average molecular weight is 385 g/mol. The van der Waals surface area contributed by atoms with Gasteiger partial charge in [-0.15, -0.1) is 0 Å². The van der Waals surface area contributed by atoms with Crippen LogP contribution in [0.25, 0.3) is 22.3 Å². The molecule has 5 heteroatoms. The summed E-state index contributed by atoms with van der Waals surface area (Å²) in [6, 6.07) is 23.6. The quantitative estimate of drug-likeness (QED) is 0.536. The molecule has 0 unspecified atom stereocenters. The molecule has 1 N–H and O–H groups in total. The van der Waals surface area contributed by atoms with E-state index in [4.69, 9.17) is 9.15 Å². The van der Waals surface area contributed by atoms with Gasteiger partial charge in [0, 0.05) is 11.3 Å². The van der Waals surface area contributed by atoms with E-state index >= 15 is 0 Å². The zero-order valence-electron chi connectivity index (χ0n) is 15.8. The van der Waals surface area contributed by atoms with E-state index in [-0.39, 0.29) is 23.7 Å². The molecule has 0 saturated carbocycles. The Morgan fingerprint density at radius 2 is 1.62 bits per heavy atom. The summed E-state index contributed by atoms with van der Waals surface area (Å²) in [5.41, 5.74) is 2.62. The largest absolute Gasteiger partial charge is 0.476 e. The molecule has 0 fully saturated rings. The molecule has 0 aliphatic heterocycles. The van der Waals surface area contributed by atoms with Crippen molar-refractivity contribution in [2.75, 3.05) is 11.9 Å². The number of hydrogen-bond donors (Lipinski definition) is 1. The highest BCUT2D eigenvalue weighted by Gasteiger charge is 2.18. The van der Waals surface area contributed by atoms with E-state index in [1.807, 2.05) is 61.5 Å². The van der Waals surface area contributed by atoms with Crippen LogP contribution < -0.4 is 15.5 Å². The maximum Gasteiger partial charge on any atom is 0.262 e. The number of rotatable bonds is 5. The van der Waals surface area contributed by atoms with Gasteiger partial charge in [0.25, 0.3) is 5.91 Å². The minimum Gasteiger partial charge on any atom is -0.476 e. The number of fused-ring (bicyclic) bond motifs is 1. The Balaban J connectivity index is 1.65. The Morgan fingerprint density at radius 1 is 0.931 bits per heavy atom. The van der Waals surface area contributed by atoms with Crippen molar-refractivity contribution in [1.29, 1.82) is 0 Å². The van der Waals surface area contributed by atoms with Gasteiger partial charge in [-0.3, -0.25) is 9.59 Å². The van der Waals surface area contributed by atoms with Gasteiger partial charge < -0.3 is 14.5 Å². The van der Waals surface area contributed by atoms with Crippen LogP contribution in [0.1, 0.15) is 5.56 Å². The number of hydrogen-bond acceptors (Lipinski definition) is 4. The zero-order valence-corrected chi connectivity index (χ0v) is 15.8. The maximum absolute atomic E-state index is 13.0. The molecule has 0 bridgehead atoms. The molecule has 29 heavy (non-hydrogen) atoms. The summed E-state index contributed by atoms with van der Waals surface area (Å²) in [4.78, 5) is 25.3. The summed E-state index contributed by atoms with van der Waals surface area (Å²) in [5, 5.41) is 3.16. The second kappa shape index (κ2) is 8.02. The van der Waals surface area contributed by atoms with Crippen LogP contribution in [0.2, 0.25) is 0 Å². The summed E-state index contributed by atoms with van der Waals surface area (Å²) in [6.45, 7) is 1.66. The fourth-order valence-electron chi connectivity index (χ4n) is 3.01. The number of amides is 1. The third-order valence-corrected chi connectivity index (χ3v) is 4.48. The second-order valence-electron chi connectivity index (χ2n) is 6.65. The molecule has 0 aliphatic rings. The number of carbonyl (C=O) groups is 1. The standard InChI is InChI=1S/C24H19NO4/c1-16-11-13-18(14-12-16)25-21(26)15-28-24-22(27)19-9-5-6-10-20(19)29-23(24)17-7-3-2-4-8-17/h2-14H,15H2,1H3,(H,25,26). The maximum atomic E-state index is 13.0. The highest BCUT2D eigenvalue weighted by Crippen LogP contribution is 2.30. The van der Waals surface area contributed by atoms with Crippen LogP contribution in [0.15, 0.2) is 88.1 Å². The molecular weight excluding hydrogens is 366 g/mol. The molecule has 4 aromatic rings. The van der Waals surface area contributed by atoms with Gasteiger partial charge in [0.2, 0.25) is 11.2 Å². The predicted octanol–water partition coefficient (Wildman–Crippen LogP) is 4.79. The van der Waals surface area contributed by atoms with Crippen LogP contribution in [0.3, 0.4) is 0 Å². The van der Waals surface area contributed by atoms with Crippen molar-refractivity contribution in [2.24, 2.45) is 0 Å². The molecule has 0 saturated heterocycles. The first-order valence-electron chi connectivity index (χ1n) is 9.22. The third-order valence-electron chi connectivity index (χ3n) is 4.48. The van der Waals surface area contributed by atoms with Gasteiger partial charge >= 0.3 is 0 Å². The number of aryl methyl sites for hydroxylation is 1. The van der Waals surface area contributed by atoms with Crippen LogP contribution in [0.4, 0.5) is 5.69 Å². The van der Waals surface area contributed by atoms with Crippen LogP contribution in [-0.2, 0) is 4.79 Å². The first-order valence-corrected chi connectivity index (χ1v) is 9.22. The van der Waals surface area contributed by atoms with Gasteiger partial charge in [-0.2, -0.15) is 0 Å². The molecule has 0 atom stereocenters. The van der Waals surface area contributed by atoms with Crippen molar-refractivity contribution in [3.8, 4) is 17.1 Å². The Bertz CT molecular complexity index is 1210. The van der Waals surface area contributed by atoms with Crippen molar-refractivity contribution in [3.63, 3.8) is 0 Å². The molecule has 0 spiro atoms. The molecule has 144 valence electrons. The van der Waals surface area contributed by atoms with E-state index in [0.29, 0.717) is 28.0 Å². The number of para-hydroxylation sites is 1. The van der Waals surface area contributed by atoms with Gasteiger partial charge in [0.1, 0.15) is 5.58 Å². The van der Waals surface area contributed by atoms with Gasteiger partial charge in [0.05, 0.1) is 5.39 Å². The smallest absolute Gasteiger partial charge is 0.262 e. The minimum absolute atomic E-state index is 0.0222. The van der Waals surface area contributed by atoms with Gasteiger partial charge in [-0.25, -0.2) is 0 Å². The molecular formula is C24H19NO4. The fourth-order valence-corrected chi connectivity index (χ4v) is 3.01. The summed E-state index contributed by atoms with van der Waals surface area (Å²) in [7, 11) is 0. The first-order chi connectivity index (χ1) is 14.1. The Morgan fingerprint density at radius 3 is 2.38 bits per heavy atom. The lowest BCUT2D eigenvalue weighted by Crippen LogP contribution is -2.22. The van der Waals surface area contributed by atoms with E-state index in [0.717, 1.165) is 5.56 Å². The van der Waals surface area contributed by atoms with E-state index in [1.165, 1.54) is 0 Å². The molecule has 1 aromatic heterocycles. The first kappa shape index (κ1) is 18.5. The topological polar surface area (TPSA) is 68.5 Å². The molecule has 3 aromatic carbocycles. The molecule has 1 heterocycles. The third kappa shape index (κ3) is 4.04. The lowest BCUT2D eigenvalue weighted by Gasteiger charge is -2.12. The minimum atomic E-state index is -0.361. The predicted molar refractivity (Wildman–Crippen MR) is 113 cm³/mol. The van der Waals surface area contributed by atoms with Gasteiger partial charge in [-0.1, -0.05) is 60.2 Å². The lowest BCUT2D eigenvalue weighted by atomic mass is 10.1. The van der Waals surface area contributed by atoms with Crippen LogP contribution >= 0.6 is 0 Å². The highest BCUT2D eigenvalue weighted by atomic mass is 16.5. The van der Waals surface area contributed by atoms with Crippen molar-refractivity contribution in [1.82, 2.24) is 0 Å². The zero-order chi connectivity index (χ0) is 20.2. The molecule has 4 rings (SSSR count). The van der Waals surface area contributed by atoms with Crippen molar-refractivity contribution in [2.45, 2.75) is 6.92 Å². The number of carbonyl (C=O) groups excluding carboxylic acids is 1. The summed E-state index contributed by atoms with van der Waals surface area (Å²) in [5.74, 6) is -0.0354.